The van der Waals surface area contributed by atoms with Gasteiger partial charge >= 0.3 is 0 Å². The molecule has 2 rings (SSSR count). The summed E-state index contributed by atoms with van der Waals surface area (Å²) >= 11 is 3.34. The average molecular weight is 301 g/mol. The van der Waals surface area contributed by atoms with Gasteiger partial charge in [0.2, 0.25) is 0 Å². The SMILES string of the molecule is O=C(c1ccncc1O)N1CCOC(CBr)C1. The molecule has 6 heteroatoms. The molecule has 1 fully saturated rings. The second-order valence-corrected chi connectivity index (χ2v) is 4.44. The van der Waals surface area contributed by atoms with Crippen molar-refractivity contribution in [3.8, 4) is 5.75 Å². The second-order valence-electron chi connectivity index (χ2n) is 3.79. The van der Waals surface area contributed by atoms with Gasteiger partial charge in [0, 0.05) is 24.6 Å². The third-order valence-electron chi connectivity index (χ3n) is 2.63. The number of halogens is 1. The minimum absolute atomic E-state index is 0.0108. The lowest BCUT2D eigenvalue weighted by Gasteiger charge is -2.32. The zero-order chi connectivity index (χ0) is 12.3. The molecule has 1 unspecified atom stereocenters. The first kappa shape index (κ1) is 12.3. The van der Waals surface area contributed by atoms with Gasteiger partial charge < -0.3 is 14.7 Å². The fourth-order valence-corrected chi connectivity index (χ4v) is 2.13. The van der Waals surface area contributed by atoms with Crippen LogP contribution in [0.5, 0.6) is 5.75 Å². The topological polar surface area (TPSA) is 62.7 Å². The number of nitrogens with zero attached hydrogens (tertiary/aromatic N) is 2. The molecule has 0 aromatic carbocycles. The van der Waals surface area contributed by atoms with Gasteiger partial charge in [0.05, 0.1) is 24.5 Å². The van der Waals surface area contributed by atoms with Crippen LogP contribution in [-0.4, -0.2) is 52.0 Å². The summed E-state index contributed by atoms with van der Waals surface area (Å²) in [6.07, 6.45) is 2.78. The van der Waals surface area contributed by atoms with E-state index in [0.29, 0.717) is 25.0 Å². The number of carbonyl (C=O) groups is 1. The lowest BCUT2D eigenvalue weighted by molar-refractivity contribution is -0.00976. The lowest BCUT2D eigenvalue weighted by Crippen LogP contribution is -2.46. The van der Waals surface area contributed by atoms with E-state index in [-0.39, 0.29) is 23.3 Å². The van der Waals surface area contributed by atoms with E-state index in [0.717, 1.165) is 0 Å². The minimum atomic E-state index is -0.181. The molecule has 0 radical (unpaired) electrons. The summed E-state index contributed by atoms with van der Waals surface area (Å²) in [5.74, 6) is -0.265. The Morgan fingerprint density at radius 2 is 2.53 bits per heavy atom. The van der Waals surface area contributed by atoms with Crippen molar-refractivity contribution in [2.75, 3.05) is 25.0 Å². The predicted molar refractivity (Wildman–Crippen MR) is 65.3 cm³/mol. The smallest absolute Gasteiger partial charge is 0.257 e. The number of amides is 1. The van der Waals surface area contributed by atoms with E-state index in [1.807, 2.05) is 0 Å². The van der Waals surface area contributed by atoms with Gasteiger partial charge in [-0.3, -0.25) is 9.78 Å². The van der Waals surface area contributed by atoms with Crippen LogP contribution in [0.25, 0.3) is 0 Å². The predicted octanol–water partition coefficient (Wildman–Crippen LogP) is 1.02. The molecule has 17 heavy (non-hydrogen) atoms. The van der Waals surface area contributed by atoms with Crippen LogP contribution in [0.3, 0.4) is 0 Å². The molecular weight excluding hydrogens is 288 g/mol. The van der Waals surface area contributed by atoms with Crippen molar-refractivity contribution in [3.05, 3.63) is 24.0 Å². The quantitative estimate of drug-likeness (QED) is 0.829. The first-order chi connectivity index (χ1) is 8.22. The first-order valence-corrected chi connectivity index (χ1v) is 6.44. The molecule has 1 atom stereocenters. The molecule has 5 nitrogen and oxygen atoms in total. The van der Waals surface area contributed by atoms with E-state index in [9.17, 15) is 9.90 Å². The van der Waals surface area contributed by atoms with Crippen molar-refractivity contribution in [3.63, 3.8) is 0 Å². The first-order valence-electron chi connectivity index (χ1n) is 5.32. The van der Waals surface area contributed by atoms with Crippen molar-refractivity contribution >= 4 is 21.8 Å². The highest BCUT2D eigenvalue weighted by molar-refractivity contribution is 9.09. The number of alkyl halides is 1. The van der Waals surface area contributed by atoms with Crippen LogP contribution in [0.4, 0.5) is 0 Å². The minimum Gasteiger partial charge on any atom is -0.505 e. The molecule has 1 amide bonds. The van der Waals surface area contributed by atoms with Crippen molar-refractivity contribution in [1.29, 1.82) is 0 Å². The molecule has 1 aromatic rings. The van der Waals surface area contributed by atoms with Crippen molar-refractivity contribution in [2.45, 2.75) is 6.10 Å². The highest BCUT2D eigenvalue weighted by Crippen LogP contribution is 2.18. The monoisotopic (exact) mass is 300 g/mol. The number of hydrogen-bond donors (Lipinski definition) is 1. The van der Waals surface area contributed by atoms with E-state index in [4.69, 9.17) is 4.74 Å². The zero-order valence-corrected chi connectivity index (χ0v) is 10.8. The van der Waals surface area contributed by atoms with Gasteiger partial charge in [-0.25, -0.2) is 0 Å². The summed E-state index contributed by atoms with van der Waals surface area (Å²) in [5.41, 5.74) is 0.287. The van der Waals surface area contributed by atoms with E-state index in [1.54, 1.807) is 4.90 Å². The summed E-state index contributed by atoms with van der Waals surface area (Å²) in [4.78, 5) is 17.6. The average Bonchev–Trinajstić information content (AvgIpc) is 2.38. The van der Waals surface area contributed by atoms with Gasteiger partial charge in [-0.15, -0.1) is 0 Å². The van der Waals surface area contributed by atoms with Gasteiger partial charge in [-0.1, -0.05) is 15.9 Å². The number of hydrogen-bond acceptors (Lipinski definition) is 4. The summed E-state index contributed by atoms with van der Waals surface area (Å²) in [6, 6.07) is 1.52. The van der Waals surface area contributed by atoms with Crippen LogP contribution in [-0.2, 0) is 4.74 Å². The molecule has 2 heterocycles. The number of carbonyl (C=O) groups excluding carboxylic acids is 1. The van der Waals surface area contributed by atoms with Gasteiger partial charge in [-0.2, -0.15) is 0 Å². The van der Waals surface area contributed by atoms with Crippen molar-refractivity contribution in [2.24, 2.45) is 0 Å². The van der Waals surface area contributed by atoms with E-state index in [2.05, 4.69) is 20.9 Å². The molecule has 0 bridgehead atoms. The van der Waals surface area contributed by atoms with Gasteiger partial charge in [0.1, 0.15) is 5.75 Å². The molecule has 92 valence electrons. The van der Waals surface area contributed by atoms with E-state index < -0.39 is 0 Å². The highest BCUT2D eigenvalue weighted by atomic mass is 79.9. The number of morpholine rings is 1. The largest absolute Gasteiger partial charge is 0.505 e. The Hall–Kier alpha value is -1.14. The van der Waals surface area contributed by atoms with Crippen LogP contribution < -0.4 is 0 Å². The standard InChI is InChI=1S/C11H13BrN2O3/c12-5-8-7-14(3-4-17-8)11(16)9-1-2-13-6-10(9)15/h1-2,6,8,15H,3-5,7H2. The Bertz CT molecular complexity index is 413. The molecule has 0 aliphatic carbocycles. The Morgan fingerprint density at radius 1 is 1.71 bits per heavy atom. The summed E-state index contributed by atoms with van der Waals surface area (Å²) in [6.45, 7) is 1.60. The van der Waals surface area contributed by atoms with E-state index >= 15 is 0 Å². The summed E-state index contributed by atoms with van der Waals surface area (Å²) in [5, 5.41) is 10.3. The zero-order valence-electron chi connectivity index (χ0n) is 9.17. The number of pyridine rings is 1. The molecule has 1 aliphatic heterocycles. The maximum atomic E-state index is 12.1. The molecule has 1 aliphatic rings. The summed E-state index contributed by atoms with van der Waals surface area (Å²) < 4.78 is 5.46. The Labute approximate surface area is 108 Å². The van der Waals surface area contributed by atoms with Crippen molar-refractivity contribution in [1.82, 2.24) is 9.88 Å². The van der Waals surface area contributed by atoms with Gasteiger partial charge in [0.25, 0.3) is 5.91 Å². The highest BCUT2D eigenvalue weighted by Gasteiger charge is 2.25. The molecule has 1 aromatic heterocycles. The fourth-order valence-electron chi connectivity index (χ4n) is 1.73. The van der Waals surface area contributed by atoms with Crippen LogP contribution >= 0.6 is 15.9 Å². The maximum absolute atomic E-state index is 12.1. The molecule has 1 saturated heterocycles. The van der Waals surface area contributed by atoms with Crippen LogP contribution in [0.15, 0.2) is 18.5 Å². The molecule has 0 spiro atoms. The number of aromatic hydroxyl groups is 1. The fraction of sp³-hybridized carbons (Fsp3) is 0.455. The van der Waals surface area contributed by atoms with Crippen LogP contribution in [0, 0.1) is 0 Å². The lowest BCUT2D eigenvalue weighted by atomic mass is 10.2. The van der Waals surface area contributed by atoms with Gasteiger partial charge in [0.15, 0.2) is 0 Å². The second kappa shape index (κ2) is 5.46. The number of ether oxygens (including phenoxy) is 1. The Morgan fingerprint density at radius 3 is 3.24 bits per heavy atom. The molecule has 1 N–H and O–H groups in total. The van der Waals surface area contributed by atoms with Crippen LogP contribution in [0.2, 0.25) is 0 Å². The summed E-state index contributed by atoms with van der Waals surface area (Å²) in [7, 11) is 0. The van der Waals surface area contributed by atoms with Gasteiger partial charge in [-0.05, 0) is 6.07 Å². The van der Waals surface area contributed by atoms with Crippen molar-refractivity contribution < 1.29 is 14.6 Å². The van der Waals surface area contributed by atoms with E-state index in [1.165, 1.54) is 18.5 Å². The number of aromatic nitrogens is 1. The third kappa shape index (κ3) is 2.76. The normalized spacial score (nSPS) is 20.3. The van der Waals surface area contributed by atoms with Crippen LogP contribution in [0.1, 0.15) is 10.4 Å². The Balaban J connectivity index is 2.12. The third-order valence-corrected chi connectivity index (χ3v) is 3.35. The number of rotatable bonds is 2. The molecule has 0 saturated carbocycles. The maximum Gasteiger partial charge on any atom is 0.257 e. The Kier molecular flexibility index (Phi) is 3.96. The molecular formula is C11H13BrN2O3.